The van der Waals surface area contributed by atoms with E-state index in [4.69, 9.17) is 23.2 Å². The Labute approximate surface area is 108 Å². The summed E-state index contributed by atoms with van der Waals surface area (Å²) in [6, 6.07) is 3.43. The van der Waals surface area contributed by atoms with Gasteiger partial charge in [-0.15, -0.1) is 0 Å². The molecule has 0 N–H and O–H groups in total. The summed E-state index contributed by atoms with van der Waals surface area (Å²) < 4.78 is 3.21. The largest absolute Gasteiger partial charge is 0.328 e. The van der Waals surface area contributed by atoms with Gasteiger partial charge in [-0.05, 0) is 13.0 Å². The number of imidazole rings is 1. The first-order chi connectivity index (χ1) is 8.11. The third kappa shape index (κ3) is 2.53. The van der Waals surface area contributed by atoms with Gasteiger partial charge >= 0.3 is 5.69 Å². The second-order valence-electron chi connectivity index (χ2n) is 3.58. The highest BCUT2D eigenvalue weighted by molar-refractivity contribution is 6.32. The lowest BCUT2D eigenvalue weighted by molar-refractivity contribution is 0.667. The molecule has 4 nitrogen and oxygen atoms in total. The van der Waals surface area contributed by atoms with E-state index in [2.05, 4.69) is 4.98 Å². The lowest BCUT2D eigenvalue weighted by Crippen LogP contribution is -2.23. The van der Waals surface area contributed by atoms with Crippen molar-refractivity contribution in [1.29, 1.82) is 0 Å². The van der Waals surface area contributed by atoms with Crippen molar-refractivity contribution >= 4 is 23.2 Å². The van der Waals surface area contributed by atoms with Crippen LogP contribution in [0.1, 0.15) is 12.5 Å². The predicted molar refractivity (Wildman–Crippen MR) is 67.7 cm³/mol. The minimum Gasteiger partial charge on any atom is -0.300 e. The summed E-state index contributed by atoms with van der Waals surface area (Å²) in [5, 5.41) is 0.672. The number of rotatable bonds is 3. The van der Waals surface area contributed by atoms with E-state index in [1.165, 1.54) is 0 Å². The van der Waals surface area contributed by atoms with E-state index in [9.17, 15) is 4.79 Å². The summed E-state index contributed by atoms with van der Waals surface area (Å²) in [6.07, 6.45) is 3.48. The Balaban J connectivity index is 2.31. The second kappa shape index (κ2) is 4.94. The molecule has 90 valence electrons. The van der Waals surface area contributed by atoms with E-state index < -0.39 is 0 Å². The highest BCUT2D eigenvalue weighted by Gasteiger charge is 2.06. The molecule has 0 atom stereocenters. The molecule has 0 aromatic carbocycles. The number of aromatic nitrogens is 3. The molecule has 0 amide bonds. The third-order valence-corrected chi connectivity index (χ3v) is 3.03. The van der Waals surface area contributed by atoms with Crippen LogP contribution in [0.5, 0.6) is 0 Å². The number of hydrogen-bond acceptors (Lipinski definition) is 2. The third-order valence-electron chi connectivity index (χ3n) is 2.49. The van der Waals surface area contributed by atoms with Crippen LogP contribution in [0, 0.1) is 0 Å². The molecule has 2 aromatic rings. The Hall–Kier alpha value is -1.26. The van der Waals surface area contributed by atoms with Crippen LogP contribution in [0.3, 0.4) is 0 Å². The minimum atomic E-state index is -0.0569. The average molecular weight is 272 g/mol. The second-order valence-corrected chi connectivity index (χ2v) is 4.32. The average Bonchev–Trinajstić information content (AvgIpc) is 2.64. The number of halogens is 2. The minimum absolute atomic E-state index is 0.0569. The first-order valence-corrected chi connectivity index (χ1v) is 5.94. The van der Waals surface area contributed by atoms with E-state index in [-0.39, 0.29) is 5.69 Å². The van der Waals surface area contributed by atoms with E-state index >= 15 is 0 Å². The lowest BCUT2D eigenvalue weighted by atomic mass is 10.3. The van der Waals surface area contributed by atoms with Gasteiger partial charge in [0.05, 0.1) is 6.54 Å². The molecule has 0 radical (unpaired) electrons. The van der Waals surface area contributed by atoms with Crippen LogP contribution in [-0.2, 0) is 13.1 Å². The van der Waals surface area contributed by atoms with Crippen LogP contribution in [0.4, 0.5) is 0 Å². The first-order valence-electron chi connectivity index (χ1n) is 5.18. The Kier molecular flexibility index (Phi) is 3.54. The van der Waals surface area contributed by atoms with E-state index in [0.29, 0.717) is 23.4 Å². The van der Waals surface area contributed by atoms with Gasteiger partial charge in [-0.3, -0.25) is 9.13 Å². The van der Waals surface area contributed by atoms with Crippen molar-refractivity contribution in [3.63, 3.8) is 0 Å². The van der Waals surface area contributed by atoms with E-state index in [0.717, 1.165) is 5.56 Å². The van der Waals surface area contributed by atoms with Crippen molar-refractivity contribution < 1.29 is 0 Å². The Morgan fingerprint density at radius 2 is 1.94 bits per heavy atom. The highest BCUT2D eigenvalue weighted by Crippen LogP contribution is 2.17. The van der Waals surface area contributed by atoms with Gasteiger partial charge in [-0.1, -0.05) is 29.3 Å². The van der Waals surface area contributed by atoms with E-state index in [1.54, 1.807) is 33.7 Å². The van der Waals surface area contributed by atoms with Gasteiger partial charge in [0.2, 0.25) is 0 Å². The van der Waals surface area contributed by atoms with Crippen molar-refractivity contribution in [3.8, 4) is 0 Å². The van der Waals surface area contributed by atoms with Gasteiger partial charge in [-0.2, -0.15) is 0 Å². The summed E-state index contributed by atoms with van der Waals surface area (Å²) >= 11 is 11.7. The molecule has 0 aliphatic carbocycles. The van der Waals surface area contributed by atoms with Gasteiger partial charge < -0.3 is 0 Å². The predicted octanol–water partition coefficient (Wildman–Crippen LogP) is 2.42. The first kappa shape index (κ1) is 12.2. The molecular weight excluding hydrogens is 261 g/mol. The quantitative estimate of drug-likeness (QED) is 0.805. The fraction of sp³-hybridized carbons (Fsp3) is 0.273. The van der Waals surface area contributed by atoms with Crippen molar-refractivity contribution in [2.75, 3.05) is 0 Å². The van der Waals surface area contributed by atoms with Gasteiger partial charge in [0.1, 0.15) is 10.3 Å². The molecule has 0 aliphatic rings. The van der Waals surface area contributed by atoms with Gasteiger partial charge in [0, 0.05) is 24.5 Å². The zero-order chi connectivity index (χ0) is 12.4. The van der Waals surface area contributed by atoms with Crippen molar-refractivity contribution in [3.05, 3.63) is 50.9 Å². The normalized spacial score (nSPS) is 10.8. The van der Waals surface area contributed by atoms with Crippen molar-refractivity contribution in [2.24, 2.45) is 0 Å². The summed E-state index contributed by atoms with van der Waals surface area (Å²) in [4.78, 5) is 15.8. The summed E-state index contributed by atoms with van der Waals surface area (Å²) in [7, 11) is 0. The van der Waals surface area contributed by atoms with Gasteiger partial charge in [0.15, 0.2) is 0 Å². The Bertz CT molecular complexity index is 589. The van der Waals surface area contributed by atoms with Crippen LogP contribution in [0.2, 0.25) is 10.3 Å². The van der Waals surface area contributed by atoms with Crippen LogP contribution < -0.4 is 5.69 Å². The molecule has 2 heterocycles. The number of hydrogen-bond donors (Lipinski definition) is 0. The molecule has 2 aromatic heterocycles. The topological polar surface area (TPSA) is 39.8 Å². The monoisotopic (exact) mass is 271 g/mol. The molecule has 0 saturated heterocycles. The molecule has 0 spiro atoms. The molecule has 0 saturated carbocycles. The molecule has 6 heteroatoms. The van der Waals surface area contributed by atoms with Crippen LogP contribution in [0.15, 0.2) is 29.3 Å². The van der Waals surface area contributed by atoms with Gasteiger partial charge in [0.25, 0.3) is 0 Å². The molecule has 17 heavy (non-hydrogen) atoms. The number of aryl methyl sites for hydroxylation is 1. The van der Waals surface area contributed by atoms with E-state index in [1.807, 2.05) is 6.92 Å². The molecule has 2 rings (SSSR count). The van der Waals surface area contributed by atoms with Crippen LogP contribution >= 0.6 is 23.2 Å². The maximum atomic E-state index is 11.8. The van der Waals surface area contributed by atoms with Crippen LogP contribution in [0.25, 0.3) is 0 Å². The SMILES string of the molecule is CCn1ccn(Cc2ccc(Cl)nc2Cl)c1=O. The summed E-state index contributed by atoms with van der Waals surface area (Å²) in [5.74, 6) is 0. The maximum Gasteiger partial charge on any atom is 0.328 e. The molecular formula is C11H11Cl2N3O. The highest BCUT2D eigenvalue weighted by atomic mass is 35.5. The number of nitrogens with zero attached hydrogens (tertiary/aromatic N) is 3. The molecule has 0 aliphatic heterocycles. The van der Waals surface area contributed by atoms with Gasteiger partial charge in [-0.25, -0.2) is 9.78 Å². The fourth-order valence-electron chi connectivity index (χ4n) is 1.56. The summed E-state index contributed by atoms with van der Waals surface area (Å²) in [6.45, 7) is 2.97. The Morgan fingerprint density at radius 3 is 2.53 bits per heavy atom. The summed E-state index contributed by atoms with van der Waals surface area (Å²) in [5.41, 5.74) is 0.713. The standard InChI is InChI=1S/C11H11Cl2N3O/c1-2-15-5-6-16(11(15)17)7-8-3-4-9(12)14-10(8)13/h3-6H,2,7H2,1H3. The number of pyridine rings is 1. The maximum absolute atomic E-state index is 11.8. The Morgan fingerprint density at radius 1 is 1.24 bits per heavy atom. The van der Waals surface area contributed by atoms with Crippen LogP contribution in [-0.4, -0.2) is 14.1 Å². The fourth-order valence-corrected chi connectivity index (χ4v) is 1.96. The molecule has 0 fully saturated rings. The van der Waals surface area contributed by atoms with Crippen molar-refractivity contribution in [1.82, 2.24) is 14.1 Å². The lowest BCUT2D eigenvalue weighted by Gasteiger charge is -2.04. The zero-order valence-corrected chi connectivity index (χ0v) is 10.7. The molecule has 0 unspecified atom stereocenters. The zero-order valence-electron chi connectivity index (χ0n) is 9.23. The van der Waals surface area contributed by atoms with Crippen molar-refractivity contribution in [2.45, 2.75) is 20.0 Å². The molecule has 0 bridgehead atoms. The smallest absolute Gasteiger partial charge is 0.300 e.